The Bertz CT molecular complexity index is 455. The standard InChI is InChI=1S/C11H17N3O5/c1-7-4-12-8(19-7)5-13-10(17)14-6-11(2,18)3-9(15)16/h4,18H,3,5-6H2,1-2H3,(H,15,16)(H2,13,14,17). The molecule has 1 rings (SSSR count). The molecule has 0 aliphatic heterocycles. The highest BCUT2D eigenvalue weighted by Crippen LogP contribution is 2.07. The first-order chi connectivity index (χ1) is 8.78. The Hall–Kier alpha value is -2.09. The second kappa shape index (κ2) is 6.19. The van der Waals surface area contributed by atoms with Crippen LogP contribution in [0.5, 0.6) is 0 Å². The van der Waals surface area contributed by atoms with Gasteiger partial charge in [0.25, 0.3) is 0 Å². The first-order valence-electron chi connectivity index (χ1n) is 5.66. The lowest BCUT2D eigenvalue weighted by atomic mass is 10.0. The van der Waals surface area contributed by atoms with Crippen LogP contribution in [-0.2, 0) is 11.3 Å². The van der Waals surface area contributed by atoms with E-state index in [-0.39, 0.29) is 13.1 Å². The van der Waals surface area contributed by atoms with Crippen LogP contribution in [0.4, 0.5) is 4.79 Å². The topological polar surface area (TPSA) is 125 Å². The van der Waals surface area contributed by atoms with Crippen LogP contribution in [0, 0.1) is 6.92 Å². The summed E-state index contributed by atoms with van der Waals surface area (Å²) in [5.41, 5.74) is -1.50. The molecule has 0 fully saturated rings. The van der Waals surface area contributed by atoms with Crippen LogP contribution in [0.2, 0.25) is 0 Å². The maximum absolute atomic E-state index is 11.4. The first-order valence-corrected chi connectivity index (χ1v) is 5.66. The predicted molar refractivity (Wildman–Crippen MR) is 64.4 cm³/mol. The van der Waals surface area contributed by atoms with Gasteiger partial charge in [-0.25, -0.2) is 9.78 Å². The number of carboxylic acids is 1. The average molecular weight is 271 g/mol. The number of amides is 2. The number of hydrogen-bond donors (Lipinski definition) is 4. The third kappa shape index (κ3) is 5.87. The molecule has 106 valence electrons. The minimum absolute atomic E-state index is 0.112. The predicted octanol–water partition coefficient (Wildman–Crippen LogP) is 0.00792. The van der Waals surface area contributed by atoms with Gasteiger partial charge in [0.2, 0.25) is 5.89 Å². The lowest BCUT2D eigenvalue weighted by Crippen LogP contribution is -2.45. The van der Waals surface area contributed by atoms with Crippen molar-refractivity contribution in [3.63, 3.8) is 0 Å². The fraction of sp³-hybridized carbons (Fsp3) is 0.545. The number of oxazole rings is 1. The lowest BCUT2D eigenvalue weighted by molar-refractivity contribution is -0.141. The SMILES string of the molecule is Cc1cnc(CNC(=O)NCC(C)(O)CC(=O)O)o1. The molecule has 1 heterocycles. The number of rotatable bonds is 6. The molecule has 2 amide bonds. The van der Waals surface area contributed by atoms with E-state index in [4.69, 9.17) is 9.52 Å². The van der Waals surface area contributed by atoms with E-state index in [9.17, 15) is 14.7 Å². The Morgan fingerprint density at radius 2 is 2.16 bits per heavy atom. The number of aryl methyl sites for hydroxylation is 1. The summed E-state index contributed by atoms with van der Waals surface area (Å²) >= 11 is 0. The maximum atomic E-state index is 11.4. The first kappa shape index (κ1) is 15.0. The van der Waals surface area contributed by atoms with Gasteiger partial charge in [0.15, 0.2) is 0 Å². The zero-order valence-electron chi connectivity index (χ0n) is 10.8. The quantitative estimate of drug-likeness (QED) is 0.577. The number of urea groups is 1. The zero-order valence-corrected chi connectivity index (χ0v) is 10.8. The van der Waals surface area contributed by atoms with E-state index < -0.39 is 24.0 Å². The van der Waals surface area contributed by atoms with Gasteiger partial charge in [0.1, 0.15) is 5.76 Å². The van der Waals surface area contributed by atoms with E-state index in [2.05, 4.69) is 15.6 Å². The summed E-state index contributed by atoms with van der Waals surface area (Å²) in [5.74, 6) is -0.131. The molecular formula is C11H17N3O5. The Morgan fingerprint density at radius 1 is 1.47 bits per heavy atom. The zero-order chi connectivity index (χ0) is 14.5. The summed E-state index contributed by atoms with van der Waals surface area (Å²) in [6.07, 6.45) is 1.08. The van der Waals surface area contributed by atoms with Gasteiger partial charge < -0.3 is 25.3 Å². The minimum atomic E-state index is -1.50. The lowest BCUT2D eigenvalue weighted by Gasteiger charge is -2.21. The fourth-order valence-corrected chi connectivity index (χ4v) is 1.36. The van der Waals surface area contributed by atoms with Gasteiger partial charge in [-0.3, -0.25) is 4.79 Å². The average Bonchev–Trinajstić information content (AvgIpc) is 2.68. The third-order valence-corrected chi connectivity index (χ3v) is 2.23. The molecule has 0 aromatic carbocycles. The second-order valence-electron chi connectivity index (χ2n) is 4.47. The molecule has 0 bridgehead atoms. The van der Waals surface area contributed by atoms with Crippen molar-refractivity contribution in [2.75, 3.05) is 6.54 Å². The molecule has 1 aromatic heterocycles. The molecule has 8 heteroatoms. The van der Waals surface area contributed by atoms with Crippen molar-refractivity contribution < 1.29 is 24.2 Å². The highest BCUT2D eigenvalue weighted by atomic mass is 16.4. The number of carboxylic acid groups (broad SMARTS) is 1. The molecular weight excluding hydrogens is 254 g/mol. The number of carbonyl (C=O) groups excluding carboxylic acids is 1. The molecule has 0 saturated carbocycles. The summed E-state index contributed by atoms with van der Waals surface area (Å²) in [4.78, 5) is 25.8. The number of nitrogens with one attached hydrogen (secondary N) is 2. The fourth-order valence-electron chi connectivity index (χ4n) is 1.36. The maximum Gasteiger partial charge on any atom is 0.315 e. The van der Waals surface area contributed by atoms with E-state index in [1.807, 2.05) is 0 Å². The molecule has 1 aromatic rings. The molecule has 4 N–H and O–H groups in total. The Morgan fingerprint density at radius 3 is 2.68 bits per heavy atom. The van der Waals surface area contributed by atoms with Crippen molar-refractivity contribution in [2.45, 2.75) is 32.4 Å². The van der Waals surface area contributed by atoms with Crippen LogP contribution in [0.25, 0.3) is 0 Å². The molecule has 0 saturated heterocycles. The molecule has 1 unspecified atom stereocenters. The number of aliphatic hydroxyl groups is 1. The van der Waals surface area contributed by atoms with Crippen molar-refractivity contribution in [1.82, 2.24) is 15.6 Å². The van der Waals surface area contributed by atoms with Crippen molar-refractivity contribution >= 4 is 12.0 Å². The van der Waals surface area contributed by atoms with E-state index in [0.29, 0.717) is 11.7 Å². The number of aliphatic carboxylic acids is 1. The van der Waals surface area contributed by atoms with Crippen molar-refractivity contribution in [3.05, 3.63) is 17.8 Å². The van der Waals surface area contributed by atoms with E-state index >= 15 is 0 Å². The molecule has 19 heavy (non-hydrogen) atoms. The molecule has 0 aliphatic carbocycles. The highest BCUT2D eigenvalue weighted by Gasteiger charge is 2.24. The van der Waals surface area contributed by atoms with Gasteiger partial charge in [0, 0.05) is 6.54 Å². The molecule has 8 nitrogen and oxygen atoms in total. The van der Waals surface area contributed by atoms with Gasteiger partial charge in [-0.05, 0) is 13.8 Å². The summed E-state index contributed by atoms with van der Waals surface area (Å²) < 4.78 is 5.15. The second-order valence-corrected chi connectivity index (χ2v) is 4.47. The minimum Gasteiger partial charge on any atom is -0.481 e. The van der Waals surface area contributed by atoms with E-state index in [0.717, 1.165) is 0 Å². The van der Waals surface area contributed by atoms with Crippen molar-refractivity contribution in [1.29, 1.82) is 0 Å². The molecule has 0 radical (unpaired) electrons. The summed E-state index contributed by atoms with van der Waals surface area (Å²) in [5, 5.41) is 23.1. The van der Waals surface area contributed by atoms with Crippen LogP contribution < -0.4 is 10.6 Å². The van der Waals surface area contributed by atoms with E-state index in [1.165, 1.54) is 13.1 Å². The Kier molecular flexibility index (Phi) is 4.87. The Labute approximate surface area is 109 Å². The number of aromatic nitrogens is 1. The van der Waals surface area contributed by atoms with Gasteiger partial charge >= 0.3 is 12.0 Å². The summed E-state index contributed by atoms with van der Waals surface area (Å²) in [6, 6.07) is -0.540. The molecule has 0 spiro atoms. The van der Waals surface area contributed by atoms with Crippen molar-refractivity contribution in [2.24, 2.45) is 0 Å². The van der Waals surface area contributed by atoms with E-state index in [1.54, 1.807) is 6.92 Å². The summed E-state index contributed by atoms with van der Waals surface area (Å²) in [6.45, 7) is 3.01. The summed E-state index contributed by atoms with van der Waals surface area (Å²) in [7, 11) is 0. The number of carbonyl (C=O) groups is 2. The van der Waals surface area contributed by atoms with Gasteiger partial charge in [-0.15, -0.1) is 0 Å². The smallest absolute Gasteiger partial charge is 0.315 e. The van der Waals surface area contributed by atoms with Crippen LogP contribution in [0.15, 0.2) is 10.6 Å². The normalized spacial score (nSPS) is 13.6. The highest BCUT2D eigenvalue weighted by molar-refractivity contribution is 5.74. The van der Waals surface area contributed by atoms with Gasteiger partial charge in [-0.2, -0.15) is 0 Å². The van der Waals surface area contributed by atoms with Crippen LogP contribution >= 0.6 is 0 Å². The van der Waals surface area contributed by atoms with Crippen LogP contribution in [0.1, 0.15) is 25.0 Å². The molecule has 1 atom stereocenters. The monoisotopic (exact) mass is 271 g/mol. The Balaban J connectivity index is 2.30. The third-order valence-electron chi connectivity index (χ3n) is 2.23. The molecule has 0 aliphatic rings. The van der Waals surface area contributed by atoms with Crippen LogP contribution in [0.3, 0.4) is 0 Å². The number of nitrogens with zero attached hydrogens (tertiary/aromatic N) is 1. The van der Waals surface area contributed by atoms with Crippen LogP contribution in [-0.4, -0.2) is 39.3 Å². The number of hydrogen-bond acceptors (Lipinski definition) is 5. The van der Waals surface area contributed by atoms with Crippen molar-refractivity contribution in [3.8, 4) is 0 Å². The van der Waals surface area contributed by atoms with Gasteiger partial charge in [0.05, 0.1) is 24.8 Å². The van der Waals surface area contributed by atoms with Gasteiger partial charge in [-0.1, -0.05) is 0 Å². The largest absolute Gasteiger partial charge is 0.481 e.